The van der Waals surface area contributed by atoms with E-state index in [2.05, 4.69) is 108 Å². The molecule has 672 valence electrons. The van der Waals surface area contributed by atoms with Gasteiger partial charge in [0.2, 0.25) is 33.7 Å². The fraction of sp³-hybridized carbons (Fsp3) is 0.556. The van der Waals surface area contributed by atoms with E-state index in [0.29, 0.717) is 103 Å². The van der Waals surface area contributed by atoms with Gasteiger partial charge in [0.25, 0.3) is 0 Å². The molecule has 6 aromatic rings. The molecule has 0 bridgehead atoms. The monoisotopic (exact) mass is 1730 g/mol. The summed E-state index contributed by atoms with van der Waals surface area (Å²) in [5.74, 6) is 0.357. The number of nitrogens with one attached hydrogen (secondary N) is 1. The number of methoxy groups -OCH3 is 6. The van der Waals surface area contributed by atoms with E-state index in [1.165, 1.54) is 66.0 Å². The highest BCUT2D eigenvalue weighted by Crippen LogP contribution is 2.36. The minimum absolute atomic E-state index is 0.0344. The van der Waals surface area contributed by atoms with Gasteiger partial charge in [0.05, 0.1) is 104 Å². The number of hydrogen-bond acceptors (Lipinski definition) is 25. The lowest BCUT2D eigenvalue weighted by molar-refractivity contribution is -0.117. The molecular weight excluding hydrogens is 1600 g/mol. The molecule has 0 spiro atoms. The molecule has 1 N–H and O–H groups in total. The van der Waals surface area contributed by atoms with Crippen molar-refractivity contribution >= 4 is 100 Å². The van der Waals surface area contributed by atoms with Crippen LogP contribution in [0.25, 0.3) is 0 Å². The summed E-state index contributed by atoms with van der Waals surface area (Å²) in [4.78, 5) is 68.4. The zero-order valence-electron chi connectivity index (χ0n) is 74.1. The number of amides is 4. The highest BCUT2D eigenvalue weighted by molar-refractivity contribution is 7.90. The molecule has 122 heavy (non-hydrogen) atoms. The normalized spacial score (nSPS) is 17.4. The number of benzene rings is 6. The maximum absolute atomic E-state index is 12.0. The average Bonchev–Trinajstić information content (AvgIpc) is 1.30. The Kier molecular flexibility index (Phi) is 39.2. The van der Waals surface area contributed by atoms with Crippen LogP contribution in [0.2, 0.25) is 0 Å². The molecule has 0 saturated carbocycles. The first-order chi connectivity index (χ1) is 58.8. The maximum atomic E-state index is 12.0. The zero-order chi connectivity index (χ0) is 87.7. The third kappa shape index (κ3) is 28.7. The van der Waals surface area contributed by atoms with Crippen LogP contribution < -0.4 is 49.4 Å². The van der Waals surface area contributed by atoms with E-state index in [4.69, 9.17) is 47.4 Å². The van der Waals surface area contributed by atoms with Crippen molar-refractivity contribution in [3.63, 3.8) is 0 Å². The minimum Gasteiger partial charge on any atom is -0.380 e. The lowest BCUT2D eigenvalue weighted by Crippen LogP contribution is -2.48. The lowest BCUT2D eigenvalue weighted by Gasteiger charge is -2.37. The van der Waals surface area contributed by atoms with Gasteiger partial charge in [-0.1, -0.05) is 24.3 Å². The first-order valence-corrected chi connectivity index (χ1v) is 45.9. The van der Waals surface area contributed by atoms with Gasteiger partial charge >= 0.3 is 0 Å². The second-order valence-corrected chi connectivity index (χ2v) is 35.4. The Balaban J connectivity index is 0.000000167. The molecule has 8 aliphatic heterocycles. The Morgan fingerprint density at radius 1 is 0.410 bits per heavy atom. The second-order valence-electron chi connectivity index (χ2n) is 31.4. The number of sulfone groups is 1. The van der Waals surface area contributed by atoms with E-state index in [9.17, 15) is 36.0 Å². The van der Waals surface area contributed by atoms with Crippen molar-refractivity contribution in [3.05, 3.63) is 149 Å². The van der Waals surface area contributed by atoms with E-state index < -0.39 is 19.9 Å². The van der Waals surface area contributed by atoms with Crippen LogP contribution in [0.5, 0.6) is 0 Å². The van der Waals surface area contributed by atoms with Crippen LogP contribution in [0.3, 0.4) is 0 Å². The molecule has 14 rings (SSSR count). The van der Waals surface area contributed by atoms with Crippen LogP contribution in [0.4, 0.5) is 56.9 Å². The summed E-state index contributed by atoms with van der Waals surface area (Å²) in [6, 6.07) is 38.7. The summed E-state index contributed by atoms with van der Waals surface area (Å²) in [6.45, 7) is 25.4. The molecule has 0 aliphatic carbocycles. The number of para-hydroxylation sites is 1. The summed E-state index contributed by atoms with van der Waals surface area (Å²) in [5, 5.41) is 2.80. The van der Waals surface area contributed by atoms with Gasteiger partial charge in [0.1, 0.15) is 0 Å². The fourth-order valence-corrected chi connectivity index (χ4v) is 17.5. The molecule has 8 heterocycles. The van der Waals surface area contributed by atoms with E-state index in [0.717, 1.165) is 199 Å². The molecule has 8 aliphatic rings. The summed E-state index contributed by atoms with van der Waals surface area (Å²) < 4.78 is 101. The summed E-state index contributed by atoms with van der Waals surface area (Å²) >= 11 is 0. The van der Waals surface area contributed by atoms with Crippen LogP contribution in [0.1, 0.15) is 85.8 Å². The highest BCUT2D eigenvalue weighted by atomic mass is 32.2. The Morgan fingerprint density at radius 3 is 1.22 bits per heavy atom. The number of nitrogens with zero attached hydrogens (tertiary/aromatic N) is 11. The Morgan fingerprint density at radius 2 is 0.787 bits per heavy atom. The van der Waals surface area contributed by atoms with E-state index >= 15 is 0 Å². The quantitative estimate of drug-likeness (QED) is 0.0558. The van der Waals surface area contributed by atoms with E-state index in [-0.39, 0.29) is 23.6 Å². The Labute approximate surface area is 723 Å². The topological polar surface area (TPSA) is 277 Å². The molecule has 0 atom stereocenters. The van der Waals surface area contributed by atoms with E-state index in [1.807, 2.05) is 58.3 Å². The first-order valence-electron chi connectivity index (χ1n) is 42.2. The van der Waals surface area contributed by atoms with Crippen molar-refractivity contribution in [1.29, 1.82) is 0 Å². The van der Waals surface area contributed by atoms with E-state index in [1.54, 1.807) is 66.7 Å². The van der Waals surface area contributed by atoms with Gasteiger partial charge in [-0.05, 0) is 131 Å². The van der Waals surface area contributed by atoms with Crippen molar-refractivity contribution in [2.75, 3.05) is 283 Å². The van der Waals surface area contributed by atoms with Crippen molar-refractivity contribution in [2.45, 2.75) is 103 Å². The van der Waals surface area contributed by atoms with Gasteiger partial charge in [-0.15, -0.1) is 0 Å². The van der Waals surface area contributed by atoms with Gasteiger partial charge in [-0.25, -0.2) is 16.8 Å². The second kappa shape index (κ2) is 49.2. The zero-order valence-corrected chi connectivity index (χ0v) is 75.7. The molecule has 4 amide bonds. The van der Waals surface area contributed by atoms with Crippen LogP contribution >= 0.6 is 0 Å². The molecule has 32 heteroatoms. The third-order valence-corrected chi connectivity index (χ3v) is 24.9. The van der Waals surface area contributed by atoms with Gasteiger partial charge < -0.3 is 102 Å². The number of hydrogen-bond donors (Lipinski definition) is 1. The molecule has 0 radical (unpaired) electrons. The number of piperazine rings is 1. The summed E-state index contributed by atoms with van der Waals surface area (Å²) in [6.07, 6.45) is 8.06. The summed E-state index contributed by atoms with van der Waals surface area (Å²) in [7, 11) is 9.82. The number of rotatable bonds is 25. The fourth-order valence-electron chi connectivity index (χ4n) is 16.0. The van der Waals surface area contributed by atoms with Crippen molar-refractivity contribution in [2.24, 2.45) is 0 Å². The highest BCUT2D eigenvalue weighted by Gasteiger charge is 2.30. The number of anilines is 10. The Bertz CT molecular complexity index is 4530. The number of carbonyl (C=O) groups excluding carboxylic acids is 4. The molecule has 0 aromatic heterocycles. The maximum Gasteiger partial charge on any atom is 0.227 e. The van der Waals surface area contributed by atoms with Crippen molar-refractivity contribution < 1.29 is 83.4 Å². The first kappa shape index (κ1) is 97.2. The molecular formula is C90H132N12O18S2. The largest absolute Gasteiger partial charge is 0.380 e. The SMILES string of the molecule is COCc1cc(N(C)C(C)=O)ccc1N1CCN(S(C)(=O)=O)CC1.COCc1cc(N2CCCC2=O)ccc1N1CCC(N(C)C)CC1.COCc1cc(NC(C)=O)ccc1N1CCOCC1.COCc1cc(S(C)(=O)=O)ccc1N1CCOCC1.COCc1ccc(N2CCCC2=O)cc1N1CCOCC1.COCc1ccccc1N1CCOCC1. The predicted molar refractivity (Wildman–Crippen MR) is 482 cm³/mol. The van der Waals surface area contributed by atoms with Crippen molar-refractivity contribution in [1.82, 2.24) is 9.21 Å². The average molecular weight is 1730 g/mol. The smallest absolute Gasteiger partial charge is 0.227 e. The number of morpholine rings is 4. The molecule has 30 nitrogen and oxygen atoms in total. The number of piperidine rings is 1. The molecule has 6 aromatic carbocycles. The van der Waals surface area contributed by atoms with Crippen LogP contribution in [0.15, 0.2) is 120 Å². The van der Waals surface area contributed by atoms with Crippen LogP contribution in [0, 0.1) is 0 Å². The number of carbonyl (C=O) groups is 4. The number of ether oxygens (including phenoxy) is 10. The van der Waals surface area contributed by atoms with Crippen LogP contribution in [-0.2, 0) is 126 Å². The molecule has 8 fully saturated rings. The molecule has 0 unspecified atom stereocenters. The van der Waals surface area contributed by atoms with Crippen LogP contribution in [-0.4, -0.2) is 290 Å². The third-order valence-electron chi connectivity index (χ3n) is 22.5. The molecule has 8 saturated heterocycles. The Hall–Kier alpha value is -8.58. The van der Waals surface area contributed by atoms with Gasteiger partial charge in [-0.3, -0.25) is 19.2 Å². The van der Waals surface area contributed by atoms with Gasteiger partial charge in [0, 0.05) is 284 Å². The van der Waals surface area contributed by atoms with Crippen molar-refractivity contribution in [3.8, 4) is 0 Å². The lowest BCUT2D eigenvalue weighted by atomic mass is 10.0. The van der Waals surface area contributed by atoms with Gasteiger partial charge in [0.15, 0.2) is 9.84 Å². The standard InChI is InChI=1S/C19H29N3O2.C16H25N3O4S.C16H22N2O3.C14H20N2O3.C13H19NO4S.C12H17NO2/c1-20(2)16-8-11-21(12-9-16)18-7-6-17(13-15(18)14-24-3)22-10-4-5-19(22)23;1-13(20)17(2)15-5-6-16(14(11-15)12-23-3)18-7-9-19(10-8-18)24(4,21)22;1-20-12-13-4-5-14(18-6-2-3-16(18)19)11-15(13)17-7-9-21-10-8-17;1-11(17)15-13-3-4-14(12(9-13)10-18-2)16-5-7-19-8-6-16;1-17-10-11-9-12(19(2,15)16)3-4-13(11)14-5-7-18-8-6-14;1-14-10-11-4-2-3-5-12(11)13-6-8-15-9-7-13/h6-7,13,16H,4-5,8-12,14H2,1-3H3;5-6,11H,7-10,12H2,1-4H3;4-5,11H,2-3,6-10,12H2,1H3;3-4,9H,5-8,10H2,1-2H3,(H,15,17);3-4,9H,5-8,10H2,1-2H3;2-5H,6-10H2,1H3. The number of sulfonamides is 1. The predicted octanol–water partition coefficient (Wildman–Crippen LogP) is 9.55. The van der Waals surface area contributed by atoms with Gasteiger partial charge in [-0.2, -0.15) is 4.31 Å². The minimum atomic E-state index is -3.19. The summed E-state index contributed by atoms with van der Waals surface area (Å²) in [5.41, 5.74) is 17.1.